The van der Waals surface area contributed by atoms with E-state index in [1.165, 1.54) is 0 Å². The first-order chi connectivity index (χ1) is 10.6. The van der Waals surface area contributed by atoms with Crippen molar-refractivity contribution in [2.24, 2.45) is 5.73 Å². The maximum atomic E-state index is 12.6. The zero-order valence-corrected chi connectivity index (χ0v) is 12.6. The van der Waals surface area contributed by atoms with Crippen molar-refractivity contribution in [1.29, 1.82) is 0 Å². The number of benzene rings is 1. The Morgan fingerprint density at radius 2 is 2.41 bits per heavy atom. The summed E-state index contributed by atoms with van der Waals surface area (Å²) in [6.45, 7) is 0.505. The molecule has 1 unspecified atom stereocenters. The van der Waals surface area contributed by atoms with E-state index in [4.69, 9.17) is 10.5 Å². The summed E-state index contributed by atoms with van der Waals surface area (Å²) in [5.74, 6) is 1.50. The lowest BCUT2D eigenvalue weighted by molar-refractivity contribution is -0.126. The summed E-state index contributed by atoms with van der Waals surface area (Å²) in [5, 5.41) is 2.92. The van der Waals surface area contributed by atoms with Crippen LogP contribution >= 0.6 is 0 Å². The Bertz CT molecular complexity index is 669. The van der Waals surface area contributed by atoms with Gasteiger partial charge in [0, 0.05) is 25.4 Å². The first-order valence-electron chi connectivity index (χ1n) is 7.37. The van der Waals surface area contributed by atoms with Crippen LogP contribution in [-0.4, -0.2) is 29.5 Å². The second-order valence-corrected chi connectivity index (χ2v) is 5.50. The molecule has 0 aliphatic heterocycles. The van der Waals surface area contributed by atoms with Crippen LogP contribution in [0.25, 0.3) is 0 Å². The van der Waals surface area contributed by atoms with Gasteiger partial charge in [0.15, 0.2) is 0 Å². The summed E-state index contributed by atoms with van der Waals surface area (Å²) in [4.78, 5) is 19.7. The van der Waals surface area contributed by atoms with Crippen molar-refractivity contribution in [3.63, 3.8) is 0 Å². The third-order valence-corrected chi connectivity index (χ3v) is 4.21. The Labute approximate surface area is 129 Å². The van der Waals surface area contributed by atoms with Crippen molar-refractivity contribution in [3.05, 3.63) is 47.5 Å². The van der Waals surface area contributed by atoms with Gasteiger partial charge < -0.3 is 20.8 Å². The Morgan fingerprint density at radius 1 is 1.55 bits per heavy atom. The molecule has 22 heavy (non-hydrogen) atoms. The molecular weight excluding hydrogens is 280 g/mol. The van der Waals surface area contributed by atoms with E-state index in [1.54, 1.807) is 19.5 Å². The van der Waals surface area contributed by atoms with Gasteiger partial charge in [-0.25, -0.2) is 4.98 Å². The minimum absolute atomic E-state index is 0.147. The number of hydrogen-bond donors (Lipinski definition) is 3. The van der Waals surface area contributed by atoms with Gasteiger partial charge in [-0.1, -0.05) is 12.1 Å². The highest BCUT2D eigenvalue weighted by Gasteiger charge is 2.42. The average molecular weight is 300 g/mol. The molecule has 6 nitrogen and oxygen atoms in total. The normalized spacial score (nSPS) is 19.7. The molecule has 1 amide bonds. The lowest BCUT2D eigenvalue weighted by atomic mass is 9.92. The van der Waals surface area contributed by atoms with E-state index in [-0.39, 0.29) is 5.91 Å². The maximum absolute atomic E-state index is 12.6. The lowest BCUT2D eigenvalue weighted by Crippen LogP contribution is -2.50. The number of nitrogens with two attached hydrogens (primary N) is 1. The average Bonchev–Trinajstić information content (AvgIpc) is 3.16. The Kier molecular flexibility index (Phi) is 3.85. The number of nitrogens with zero attached hydrogens (tertiary/aromatic N) is 1. The number of H-pyrrole nitrogens is 1. The SMILES string of the molecule is COc1cccc2c1CCC2(N)C(=O)NCCc1ncc[nH]1. The molecule has 0 saturated heterocycles. The Balaban J connectivity index is 1.71. The lowest BCUT2D eigenvalue weighted by Gasteiger charge is -2.24. The minimum Gasteiger partial charge on any atom is -0.496 e. The molecule has 116 valence electrons. The fourth-order valence-electron chi connectivity index (χ4n) is 3.01. The molecule has 6 heteroatoms. The van der Waals surface area contributed by atoms with Gasteiger partial charge >= 0.3 is 0 Å². The molecule has 0 radical (unpaired) electrons. The smallest absolute Gasteiger partial charge is 0.244 e. The van der Waals surface area contributed by atoms with Crippen LogP contribution in [0.4, 0.5) is 0 Å². The quantitative estimate of drug-likeness (QED) is 0.764. The number of fused-ring (bicyclic) bond motifs is 1. The number of aromatic nitrogens is 2. The van der Waals surface area contributed by atoms with Crippen molar-refractivity contribution in [2.45, 2.75) is 24.8 Å². The van der Waals surface area contributed by atoms with Gasteiger partial charge in [0.1, 0.15) is 17.1 Å². The fraction of sp³-hybridized carbons (Fsp3) is 0.375. The number of imidazole rings is 1. The molecule has 0 bridgehead atoms. The summed E-state index contributed by atoms with van der Waals surface area (Å²) in [5.41, 5.74) is 7.33. The van der Waals surface area contributed by atoms with Crippen LogP contribution in [0.15, 0.2) is 30.6 Å². The van der Waals surface area contributed by atoms with Crippen LogP contribution in [0.3, 0.4) is 0 Å². The van der Waals surface area contributed by atoms with E-state index in [1.807, 2.05) is 18.2 Å². The number of methoxy groups -OCH3 is 1. The summed E-state index contributed by atoms with van der Waals surface area (Å²) in [6.07, 6.45) is 5.46. The van der Waals surface area contributed by atoms with Gasteiger partial charge in [-0.15, -0.1) is 0 Å². The molecule has 0 saturated carbocycles. The number of amides is 1. The topological polar surface area (TPSA) is 93.0 Å². The summed E-state index contributed by atoms with van der Waals surface area (Å²) >= 11 is 0. The number of hydrogen-bond acceptors (Lipinski definition) is 4. The zero-order valence-electron chi connectivity index (χ0n) is 12.6. The minimum atomic E-state index is -0.979. The first kappa shape index (κ1) is 14.6. The zero-order chi connectivity index (χ0) is 15.6. The number of aromatic amines is 1. The maximum Gasteiger partial charge on any atom is 0.244 e. The molecule has 1 aliphatic rings. The predicted molar refractivity (Wildman–Crippen MR) is 82.5 cm³/mol. The highest BCUT2D eigenvalue weighted by Crippen LogP contribution is 2.39. The number of ether oxygens (including phenoxy) is 1. The van der Waals surface area contributed by atoms with Gasteiger partial charge in [-0.2, -0.15) is 0 Å². The standard InChI is InChI=1S/C16H20N4O2/c1-22-13-4-2-3-12-11(13)5-7-16(12,17)15(21)20-8-6-14-18-9-10-19-14/h2-4,9-10H,5-8,17H2,1H3,(H,18,19)(H,20,21). The van der Waals surface area contributed by atoms with Crippen molar-refractivity contribution < 1.29 is 9.53 Å². The molecule has 2 aromatic rings. The fourth-order valence-corrected chi connectivity index (χ4v) is 3.01. The van der Waals surface area contributed by atoms with Crippen LogP contribution in [0.1, 0.15) is 23.4 Å². The summed E-state index contributed by atoms with van der Waals surface area (Å²) in [7, 11) is 1.63. The molecule has 3 rings (SSSR count). The van der Waals surface area contributed by atoms with Gasteiger partial charge in [0.25, 0.3) is 0 Å². The van der Waals surface area contributed by atoms with Gasteiger partial charge in [-0.3, -0.25) is 4.79 Å². The van der Waals surface area contributed by atoms with Crippen molar-refractivity contribution in [3.8, 4) is 5.75 Å². The first-order valence-corrected chi connectivity index (χ1v) is 7.37. The van der Waals surface area contributed by atoms with Crippen LogP contribution in [-0.2, 0) is 23.2 Å². The number of rotatable bonds is 5. The number of carbonyl (C=O) groups is 1. The van der Waals surface area contributed by atoms with Crippen LogP contribution in [0.5, 0.6) is 5.75 Å². The third kappa shape index (κ3) is 2.46. The van der Waals surface area contributed by atoms with Crippen LogP contribution < -0.4 is 15.8 Å². The summed E-state index contributed by atoms with van der Waals surface area (Å²) in [6, 6.07) is 5.69. The number of nitrogens with one attached hydrogen (secondary N) is 2. The van der Waals surface area contributed by atoms with Gasteiger partial charge in [-0.05, 0) is 30.0 Å². The molecule has 1 atom stereocenters. The van der Waals surface area contributed by atoms with Crippen LogP contribution in [0, 0.1) is 0 Å². The van der Waals surface area contributed by atoms with Crippen molar-refractivity contribution >= 4 is 5.91 Å². The molecular formula is C16H20N4O2. The van der Waals surface area contributed by atoms with Crippen molar-refractivity contribution in [1.82, 2.24) is 15.3 Å². The van der Waals surface area contributed by atoms with E-state index >= 15 is 0 Å². The van der Waals surface area contributed by atoms with E-state index < -0.39 is 5.54 Å². The van der Waals surface area contributed by atoms with E-state index in [0.717, 1.165) is 29.1 Å². The Morgan fingerprint density at radius 3 is 3.14 bits per heavy atom. The molecule has 1 aliphatic carbocycles. The van der Waals surface area contributed by atoms with Crippen molar-refractivity contribution in [2.75, 3.05) is 13.7 Å². The highest BCUT2D eigenvalue weighted by molar-refractivity contribution is 5.89. The second kappa shape index (κ2) is 5.81. The predicted octanol–water partition coefficient (Wildman–Crippen LogP) is 0.877. The molecule has 1 heterocycles. The van der Waals surface area contributed by atoms with Gasteiger partial charge in [0.05, 0.1) is 7.11 Å². The van der Waals surface area contributed by atoms with E-state index in [9.17, 15) is 4.79 Å². The Hall–Kier alpha value is -2.34. The molecule has 4 N–H and O–H groups in total. The summed E-state index contributed by atoms with van der Waals surface area (Å²) < 4.78 is 5.36. The molecule has 1 aromatic heterocycles. The van der Waals surface area contributed by atoms with E-state index in [0.29, 0.717) is 19.4 Å². The monoisotopic (exact) mass is 300 g/mol. The third-order valence-electron chi connectivity index (χ3n) is 4.21. The largest absolute Gasteiger partial charge is 0.496 e. The van der Waals surface area contributed by atoms with Crippen LogP contribution in [0.2, 0.25) is 0 Å². The molecule has 0 spiro atoms. The van der Waals surface area contributed by atoms with Gasteiger partial charge in [0.2, 0.25) is 5.91 Å². The number of carbonyl (C=O) groups excluding carboxylic acids is 1. The van der Waals surface area contributed by atoms with E-state index in [2.05, 4.69) is 15.3 Å². The second-order valence-electron chi connectivity index (χ2n) is 5.50. The molecule has 1 aromatic carbocycles. The molecule has 0 fully saturated rings. The highest BCUT2D eigenvalue weighted by atomic mass is 16.5.